The SMILES string of the molecule is CCCCOCCN(CCBr)C1CCC1. The van der Waals surface area contributed by atoms with Crippen molar-refractivity contribution in [2.75, 3.05) is 31.6 Å². The topological polar surface area (TPSA) is 12.5 Å². The van der Waals surface area contributed by atoms with Gasteiger partial charge in [-0.3, -0.25) is 4.90 Å². The van der Waals surface area contributed by atoms with Crippen molar-refractivity contribution in [3.63, 3.8) is 0 Å². The van der Waals surface area contributed by atoms with Gasteiger partial charge in [-0.1, -0.05) is 35.7 Å². The molecule has 0 N–H and O–H groups in total. The molecule has 0 aromatic carbocycles. The van der Waals surface area contributed by atoms with Crippen molar-refractivity contribution >= 4 is 15.9 Å². The first-order valence-electron chi connectivity index (χ1n) is 6.26. The summed E-state index contributed by atoms with van der Waals surface area (Å²) in [5.41, 5.74) is 0. The van der Waals surface area contributed by atoms with Crippen molar-refractivity contribution in [2.45, 2.75) is 45.1 Å². The minimum absolute atomic E-state index is 0.845. The van der Waals surface area contributed by atoms with E-state index in [0.29, 0.717) is 0 Å². The van der Waals surface area contributed by atoms with Gasteiger partial charge in [0, 0.05) is 31.1 Å². The highest BCUT2D eigenvalue weighted by atomic mass is 79.9. The maximum Gasteiger partial charge on any atom is 0.0593 e. The van der Waals surface area contributed by atoms with Crippen LogP contribution in [-0.2, 0) is 4.74 Å². The molecule has 0 unspecified atom stereocenters. The second-order valence-electron chi connectivity index (χ2n) is 4.28. The fourth-order valence-electron chi connectivity index (χ4n) is 1.87. The molecule has 0 aromatic heterocycles. The Morgan fingerprint density at radius 2 is 2.07 bits per heavy atom. The highest BCUT2D eigenvalue weighted by Crippen LogP contribution is 2.24. The van der Waals surface area contributed by atoms with E-state index in [4.69, 9.17) is 4.74 Å². The van der Waals surface area contributed by atoms with Crippen LogP contribution in [0.1, 0.15) is 39.0 Å². The van der Waals surface area contributed by atoms with Gasteiger partial charge < -0.3 is 4.74 Å². The molecule has 1 fully saturated rings. The predicted molar refractivity (Wildman–Crippen MR) is 68.7 cm³/mol. The number of hydrogen-bond acceptors (Lipinski definition) is 2. The third-order valence-electron chi connectivity index (χ3n) is 3.13. The summed E-state index contributed by atoms with van der Waals surface area (Å²) in [5, 5.41) is 1.08. The lowest BCUT2D eigenvalue weighted by Gasteiger charge is -2.37. The number of rotatable bonds is 9. The molecule has 0 spiro atoms. The molecule has 3 heteroatoms. The number of nitrogens with zero attached hydrogens (tertiary/aromatic N) is 1. The van der Waals surface area contributed by atoms with E-state index in [-0.39, 0.29) is 0 Å². The predicted octanol–water partition coefficient (Wildman–Crippen LogP) is 3.05. The van der Waals surface area contributed by atoms with Gasteiger partial charge in [0.2, 0.25) is 0 Å². The molecule has 1 aliphatic rings. The number of halogens is 1. The zero-order chi connectivity index (χ0) is 10.9. The van der Waals surface area contributed by atoms with Crippen molar-refractivity contribution < 1.29 is 4.74 Å². The maximum absolute atomic E-state index is 5.61. The fraction of sp³-hybridized carbons (Fsp3) is 1.00. The molecule has 0 aromatic rings. The number of alkyl halides is 1. The Kier molecular flexibility index (Phi) is 7.67. The minimum Gasteiger partial charge on any atom is -0.380 e. The number of ether oxygens (including phenoxy) is 1. The molecule has 0 amide bonds. The molecule has 1 saturated carbocycles. The molecule has 1 rings (SSSR count). The van der Waals surface area contributed by atoms with Gasteiger partial charge in [0.25, 0.3) is 0 Å². The molecule has 90 valence electrons. The lowest BCUT2D eigenvalue weighted by molar-refractivity contribution is 0.0673. The number of unbranched alkanes of at least 4 members (excludes halogenated alkanes) is 1. The minimum atomic E-state index is 0.845. The highest BCUT2D eigenvalue weighted by molar-refractivity contribution is 9.09. The Hall–Kier alpha value is 0.400. The first-order chi connectivity index (χ1) is 7.38. The van der Waals surface area contributed by atoms with Gasteiger partial charge in [0.1, 0.15) is 0 Å². The van der Waals surface area contributed by atoms with E-state index in [1.807, 2.05) is 0 Å². The van der Waals surface area contributed by atoms with Crippen molar-refractivity contribution in [1.82, 2.24) is 4.90 Å². The molecule has 0 heterocycles. The van der Waals surface area contributed by atoms with Gasteiger partial charge in [-0.15, -0.1) is 0 Å². The quantitative estimate of drug-likeness (QED) is 0.475. The fourth-order valence-corrected chi connectivity index (χ4v) is 2.32. The molecular weight excluding hydrogens is 254 g/mol. The van der Waals surface area contributed by atoms with E-state index in [1.165, 1.54) is 38.6 Å². The van der Waals surface area contributed by atoms with Gasteiger partial charge in [0.05, 0.1) is 6.61 Å². The van der Waals surface area contributed by atoms with E-state index in [2.05, 4.69) is 27.8 Å². The summed E-state index contributed by atoms with van der Waals surface area (Å²) in [7, 11) is 0. The Labute approximate surface area is 102 Å². The molecule has 1 aliphatic carbocycles. The molecule has 0 radical (unpaired) electrons. The summed E-state index contributed by atoms with van der Waals surface area (Å²) in [4.78, 5) is 2.57. The Bertz CT molecular complexity index is 151. The van der Waals surface area contributed by atoms with E-state index >= 15 is 0 Å². The van der Waals surface area contributed by atoms with Crippen molar-refractivity contribution in [2.24, 2.45) is 0 Å². The van der Waals surface area contributed by atoms with Crippen molar-refractivity contribution in [3.8, 4) is 0 Å². The lowest BCUT2D eigenvalue weighted by atomic mass is 9.91. The molecule has 0 bridgehead atoms. The highest BCUT2D eigenvalue weighted by Gasteiger charge is 2.23. The maximum atomic E-state index is 5.61. The monoisotopic (exact) mass is 277 g/mol. The van der Waals surface area contributed by atoms with Gasteiger partial charge in [0.15, 0.2) is 0 Å². The summed E-state index contributed by atoms with van der Waals surface area (Å²) in [6.07, 6.45) is 6.62. The summed E-state index contributed by atoms with van der Waals surface area (Å²) >= 11 is 3.52. The van der Waals surface area contributed by atoms with Crippen LogP contribution in [-0.4, -0.2) is 42.6 Å². The van der Waals surface area contributed by atoms with Crippen LogP contribution >= 0.6 is 15.9 Å². The second kappa shape index (κ2) is 8.54. The standard InChI is InChI=1S/C12H24BrNO/c1-2-3-10-15-11-9-14(8-7-13)12-5-4-6-12/h12H,2-11H2,1H3. The molecule has 2 nitrogen and oxygen atoms in total. The summed E-state index contributed by atoms with van der Waals surface area (Å²) in [6, 6.07) is 0.845. The zero-order valence-corrected chi connectivity index (χ0v) is 11.5. The van der Waals surface area contributed by atoms with Gasteiger partial charge in [-0.2, -0.15) is 0 Å². The summed E-state index contributed by atoms with van der Waals surface area (Å²) in [5.74, 6) is 0. The van der Waals surface area contributed by atoms with Crippen LogP contribution in [0.2, 0.25) is 0 Å². The average molecular weight is 278 g/mol. The van der Waals surface area contributed by atoms with E-state index in [0.717, 1.165) is 31.1 Å². The third-order valence-corrected chi connectivity index (χ3v) is 3.48. The van der Waals surface area contributed by atoms with Gasteiger partial charge in [-0.05, 0) is 19.3 Å². The van der Waals surface area contributed by atoms with Crippen molar-refractivity contribution in [3.05, 3.63) is 0 Å². The largest absolute Gasteiger partial charge is 0.380 e. The molecular formula is C12H24BrNO. The zero-order valence-electron chi connectivity index (χ0n) is 9.88. The third kappa shape index (κ3) is 5.32. The van der Waals surface area contributed by atoms with Crippen LogP contribution in [0.15, 0.2) is 0 Å². The van der Waals surface area contributed by atoms with E-state index in [9.17, 15) is 0 Å². The lowest BCUT2D eigenvalue weighted by Crippen LogP contribution is -2.43. The van der Waals surface area contributed by atoms with Crippen LogP contribution in [0, 0.1) is 0 Å². The van der Waals surface area contributed by atoms with Gasteiger partial charge in [-0.25, -0.2) is 0 Å². The summed E-state index contributed by atoms with van der Waals surface area (Å²) < 4.78 is 5.61. The molecule has 0 aliphatic heterocycles. The Morgan fingerprint density at radius 3 is 2.60 bits per heavy atom. The Balaban J connectivity index is 2.03. The van der Waals surface area contributed by atoms with Crippen LogP contribution in [0.5, 0.6) is 0 Å². The first-order valence-corrected chi connectivity index (χ1v) is 7.38. The van der Waals surface area contributed by atoms with Crippen LogP contribution in [0.4, 0.5) is 0 Å². The Morgan fingerprint density at radius 1 is 1.27 bits per heavy atom. The molecule has 15 heavy (non-hydrogen) atoms. The second-order valence-corrected chi connectivity index (χ2v) is 5.07. The van der Waals surface area contributed by atoms with Crippen molar-refractivity contribution in [1.29, 1.82) is 0 Å². The average Bonchev–Trinajstić information content (AvgIpc) is 2.15. The van der Waals surface area contributed by atoms with Crippen LogP contribution in [0.25, 0.3) is 0 Å². The number of hydrogen-bond donors (Lipinski definition) is 0. The normalized spacial score (nSPS) is 17.0. The molecule has 0 atom stereocenters. The van der Waals surface area contributed by atoms with Crippen LogP contribution in [0.3, 0.4) is 0 Å². The van der Waals surface area contributed by atoms with E-state index in [1.54, 1.807) is 0 Å². The van der Waals surface area contributed by atoms with E-state index < -0.39 is 0 Å². The first kappa shape index (κ1) is 13.5. The van der Waals surface area contributed by atoms with Gasteiger partial charge >= 0.3 is 0 Å². The smallest absolute Gasteiger partial charge is 0.0593 e. The summed E-state index contributed by atoms with van der Waals surface area (Å²) in [6.45, 7) is 6.32. The van der Waals surface area contributed by atoms with Crippen LogP contribution < -0.4 is 0 Å². The molecule has 0 saturated heterocycles.